The van der Waals surface area contributed by atoms with Gasteiger partial charge in [0.1, 0.15) is 11.4 Å². The van der Waals surface area contributed by atoms with E-state index in [4.69, 9.17) is 4.74 Å². The summed E-state index contributed by atoms with van der Waals surface area (Å²) in [5.41, 5.74) is 2.30. The monoisotopic (exact) mass is 326 g/mol. The summed E-state index contributed by atoms with van der Waals surface area (Å²) in [5.74, 6) is 0.711. The van der Waals surface area contributed by atoms with E-state index in [1.807, 2.05) is 12.1 Å². The highest BCUT2D eigenvalue weighted by Gasteiger charge is 2.28. The lowest BCUT2D eigenvalue weighted by molar-refractivity contribution is 0.0729. The van der Waals surface area contributed by atoms with Crippen LogP contribution in [-0.2, 0) is 6.54 Å². The van der Waals surface area contributed by atoms with Crippen molar-refractivity contribution in [2.45, 2.75) is 25.9 Å². The SMILES string of the molecule is COc1ccc(CN2CCC2CNC(=O)c2nccnc2C)cc1. The number of aryl methyl sites for hydroxylation is 1. The summed E-state index contributed by atoms with van der Waals surface area (Å²) in [6.07, 6.45) is 4.23. The highest BCUT2D eigenvalue weighted by atomic mass is 16.5. The molecule has 2 aromatic rings. The Labute approximate surface area is 141 Å². The first-order valence-electron chi connectivity index (χ1n) is 8.10. The molecule has 0 spiro atoms. The number of benzene rings is 1. The van der Waals surface area contributed by atoms with Gasteiger partial charge in [-0.3, -0.25) is 14.7 Å². The van der Waals surface area contributed by atoms with Gasteiger partial charge in [0.25, 0.3) is 5.91 Å². The van der Waals surface area contributed by atoms with Crippen LogP contribution in [0.25, 0.3) is 0 Å². The second kappa shape index (κ2) is 7.40. The number of ether oxygens (including phenoxy) is 1. The number of hydrogen-bond acceptors (Lipinski definition) is 5. The summed E-state index contributed by atoms with van der Waals surface area (Å²) < 4.78 is 5.18. The van der Waals surface area contributed by atoms with E-state index >= 15 is 0 Å². The molecule has 126 valence electrons. The second-order valence-corrected chi connectivity index (χ2v) is 5.96. The van der Waals surface area contributed by atoms with Gasteiger partial charge in [0.2, 0.25) is 0 Å². The minimum Gasteiger partial charge on any atom is -0.497 e. The number of rotatable bonds is 6. The van der Waals surface area contributed by atoms with Crippen molar-refractivity contribution in [2.24, 2.45) is 0 Å². The fourth-order valence-electron chi connectivity index (χ4n) is 2.82. The molecule has 1 aliphatic heterocycles. The first-order chi connectivity index (χ1) is 11.7. The van der Waals surface area contributed by atoms with Crippen LogP contribution in [0.15, 0.2) is 36.7 Å². The molecule has 1 aliphatic rings. The maximum absolute atomic E-state index is 12.2. The molecule has 6 nitrogen and oxygen atoms in total. The summed E-state index contributed by atoms with van der Waals surface area (Å²) in [4.78, 5) is 22.8. The Balaban J connectivity index is 1.51. The molecule has 0 saturated carbocycles. The van der Waals surface area contributed by atoms with Crippen molar-refractivity contribution in [1.82, 2.24) is 20.2 Å². The van der Waals surface area contributed by atoms with Crippen LogP contribution in [0.1, 0.15) is 28.2 Å². The van der Waals surface area contributed by atoms with E-state index in [1.54, 1.807) is 26.4 Å². The number of carbonyl (C=O) groups is 1. The third-order valence-electron chi connectivity index (χ3n) is 4.41. The molecule has 2 heterocycles. The third kappa shape index (κ3) is 3.71. The Kier molecular flexibility index (Phi) is 5.05. The van der Waals surface area contributed by atoms with Crippen molar-refractivity contribution in [1.29, 1.82) is 0 Å². The van der Waals surface area contributed by atoms with Crippen molar-refractivity contribution in [3.63, 3.8) is 0 Å². The topological polar surface area (TPSA) is 67.3 Å². The number of aromatic nitrogens is 2. The van der Waals surface area contributed by atoms with E-state index in [1.165, 1.54) is 5.56 Å². The van der Waals surface area contributed by atoms with Crippen LogP contribution in [0.4, 0.5) is 0 Å². The van der Waals surface area contributed by atoms with Gasteiger partial charge < -0.3 is 10.1 Å². The van der Waals surface area contributed by atoms with Gasteiger partial charge in [-0.25, -0.2) is 4.98 Å². The fourth-order valence-corrected chi connectivity index (χ4v) is 2.82. The zero-order valence-corrected chi connectivity index (χ0v) is 14.0. The number of methoxy groups -OCH3 is 1. The van der Waals surface area contributed by atoms with E-state index in [-0.39, 0.29) is 5.91 Å². The molecule has 1 unspecified atom stereocenters. The van der Waals surface area contributed by atoms with Crippen molar-refractivity contribution >= 4 is 5.91 Å². The minimum absolute atomic E-state index is 0.156. The lowest BCUT2D eigenvalue weighted by Gasteiger charge is -2.41. The summed E-state index contributed by atoms with van der Waals surface area (Å²) >= 11 is 0. The number of amides is 1. The smallest absolute Gasteiger partial charge is 0.271 e. The number of carbonyl (C=O) groups excluding carboxylic acids is 1. The lowest BCUT2D eigenvalue weighted by atomic mass is 10.0. The average Bonchev–Trinajstić information content (AvgIpc) is 2.59. The molecule has 1 aromatic carbocycles. The average molecular weight is 326 g/mol. The normalized spacial score (nSPS) is 17.2. The zero-order valence-electron chi connectivity index (χ0n) is 14.0. The maximum Gasteiger partial charge on any atom is 0.271 e. The molecule has 6 heteroatoms. The third-order valence-corrected chi connectivity index (χ3v) is 4.41. The molecule has 3 rings (SSSR count). The Bertz CT molecular complexity index is 702. The molecule has 0 radical (unpaired) electrons. The van der Waals surface area contributed by atoms with E-state index in [9.17, 15) is 4.79 Å². The molecule has 1 aromatic heterocycles. The highest BCUT2D eigenvalue weighted by Crippen LogP contribution is 2.21. The van der Waals surface area contributed by atoms with Gasteiger partial charge in [0.05, 0.1) is 12.8 Å². The molecular formula is C18H22N4O2. The Morgan fingerprint density at radius 2 is 2.04 bits per heavy atom. The lowest BCUT2D eigenvalue weighted by Crippen LogP contribution is -2.52. The maximum atomic E-state index is 12.2. The van der Waals surface area contributed by atoms with E-state index in [0.29, 0.717) is 24.0 Å². The molecule has 24 heavy (non-hydrogen) atoms. The Hall–Kier alpha value is -2.47. The second-order valence-electron chi connectivity index (χ2n) is 5.96. The predicted molar refractivity (Wildman–Crippen MR) is 90.9 cm³/mol. The van der Waals surface area contributed by atoms with Crippen LogP contribution in [-0.4, -0.2) is 47.0 Å². The standard InChI is InChI=1S/C18H22N4O2/c1-13-17(20-9-8-19-13)18(23)21-11-15-7-10-22(15)12-14-3-5-16(24-2)6-4-14/h3-6,8-9,15H,7,10-12H2,1-2H3,(H,21,23). The number of hydrogen-bond donors (Lipinski definition) is 1. The van der Waals surface area contributed by atoms with Gasteiger partial charge >= 0.3 is 0 Å². The van der Waals surface area contributed by atoms with Gasteiger partial charge in [-0.2, -0.15) is 0 Å². The van der Waals surface area contributed by atoms with Gasteiger partial charge in [0, 0.05) is 38.1 Å². The van der Waals surface area contributed by atoms with Crippen molar-refractivity contribution in [2.75, 3.05) is 20.2 Å². The quantitative estimate of drug-likeness (QED) is 0.877. The van der Waals surface area contributed by atoms with Gasteiger partial charge in [-0.1, -0.05) is 12.1 Å². The van der Waals surface area contributed by atoms with Crippen LogP contribution in [0.2, 0.25) is 0 Å². The Morgan fingerprint density at radius 3 is 2.67 bits per heavy atom. The van der Waals surface area contributed by atoms with Crippen molar-refractivity contribution in [3.8, 4) is 5.75 Å². The van der Waals surface area contributed by atoms with Crippen LogP contribution in [0.5, 0.6) is 5.75 Å². The molecule has 1 atom stereocenters. The first-order valence-corrected chi connectivity index (χ1v) is 8.10. The molecule has 1 fully saturated rings. The van der Waals surface area contributed by atoms with Crippen LogP contribution in [0, 0.1) is 6.92 Å². The van der Waals surface area contributed by atoms with Crippen LogP contribution >= 0.6 is 0 Å². The van der Waals surface area contributed by atoms with Crippen LogP contribution < -0.4 is 10.1 Å². The van der Waals surface area contributed by atoms with E-state index < -0.39 is 0 Å². The predicted octanol–water partition coefficient (Wildman–Crippen LogP) is 1.80. The summed E-state index contributed by atoms with van der Waals surface area (Å²) in [7, 11) is 1.67. The van der Waals surface area contributed by atoms with Gasteiger partial charge in [0.15, 0.2) is 0 Å². The minimum atomic E-state index is -0.156. The Morgan fingerprint density at radius 1 is 1.29 bits per heavy atom. The molecule has 0 bridgehead atoms. The molecular weight excluding hydrogens is 304 g/mol. The van der Waals surface area contributed by atoms with Gasteiger partial charge in [-0.15, -0.1) is 0 Å². The molecule has 0 aliphatic carbocycles. The van der Waals surface area contributed by atoms with E-state index in [0.717, 1.165) is 25.3 Å². The van der Waals surface area contributed by atoms with Crippen molar-refractivity contribution < 1.29 is 9.53 Å². The summed E-state index contributed by atoms with van der Waals surface area (Å²) in [5, 5.41) is 2.97. The summed E-state index contributed by atoms with van der Waals surface area (Å²) in [6.45, 7) is 4.36. The number of nitrogens with one attached hydrogen (secondary N) is 1. The zero-order chi connectivity index (χ0) is 16.9. The summed E-state index contributed by atoms with van der Waals surface area (Å²) in [6, 6.07) is 8.48. The van der Waals surface area contributed by atoms with Crippen molar-refractivity contribution in [3.05, 3.63) is 53.6 Å². The molecule has 1 saturated heterocycles. The number of likely N-dealkylation sites (tertiary alicyclic amines) is 1. The van der Waals surface area contributed by atoms with Gasteiger partial charge in [-0.05, 0) is 31.0 Å². The van der Waals surface area contributed by atoms with E-state index in [2.05, 4.69) is 32.3 Å². The molecule has 1 N–H and O–H groups in total. The fraction of sp³-hybridized carbons (Fsp3) is 0.389. The highest BCUT2D eigenvalue weighted by molar-refractivity contribution is 5.93. The van der Waals surface area contributed by atoms with Crippen LogP contribution in [0.3, 0.4) is 0 Å². The number of nitrogens with zero attached hydrogens (tertiary/aromatic N) is 3. The first kappa shape index (κ1) is 16.4. The largest absolute Gasteiger partial charge is 0.497 e. The molecule has 1 amide bonds.